The van der Waals surface area contributed by atoms with E-state index in [0.29, 0.717) is 38.5 Å². The fourth-order valence-corrected chi connectivity index (χ4v) is 2.94. The van der Waals surface area contributed by atoms with Gasteiger partial charge in [-0.15, -0.1) is 0 Å². The number of hydrogen-bond donors (Lipinski definition) is 1. The molecular formula is C14H22N2O4. The zero-order valence-electron chi connectivity index (χ0n) is 12.0. The molecule has 0 aromatic carbocycles. The Hall–Kier alpha value is -1.59. The summed E-state index contributed by atoms with van der Waals surface area (Å²) in [4.78, 5) is 38.1. The minimum atomic E-state index is -0.818. The normalized spacial score (nSPS) is 23.4. The maximum absolute atomic E-state index is 12.2. The molecule has 0 radical (unpaired) electrons. The van der Waals surface area contributed by atoms with Gasteiger partial charge in [0.05, 0.1) is 12.3 Å². The van der Waals surface area contributed by atoms with Crippen molar-refractivity contribution in [1.82, 2.24) is 9.80 Å². The number of hydrogen-bond acceptors (Lipinski definition) is 3. The van der Waals surface area contributed by atoms with Crippen LogP contribution in [0.25, 0.3) is 0 Å². The fraction of sp³-hybridized carbons (Fsp3) is 0.786. The Labute approximate surface area is 118 Å². The molecule has 0 spiro atoms. The number of carboxylic acid groups (broad SMARTS) is 1. The Morgan fingerprint density at radius 3 is 2.50 bits per heavy atom. The second-order valence-electron chi connectivity index (χ2n) is 6.30. The van der Waals surface area contributed by atoms with Crippen LogP contribution >= 0.6 is 0 Å². The highest BCUT2D eigenvalue weighted by Gasteiger charge is 2.40. The molecule has 0 saturated carbocycles. The highest BCUT2D eigenvalue weighted by Crippen LogP contribution is 2.26. The van der Waals surface area contributed by atoms with Gasteiger partial charge in [0.2, 0.25) is 11.8 Å². The van der Waals surface area contributed by atoms with E-state index in [1.54, 1.807) is 9.80 Å². The minimum Gasteiger partial charge on any atom is -0.481 e. The molecule has 0 bridgehead atoms. The van der Waals surface area contributed by atoms with Crippen molar-refractivity contribution in [1.29, 1.82) is 0 Å². The number of nitrogens with zero attached hydrogens (tertiary/aromatic N) is 2. The first-order valence-electron chi connectivity index (χ1n) is 7.15. The highest BCUT2D eigenvalue weighted by atomic mass is 16.4. The first-order chi connectivity index (χ1) is 9.36. The van der Waals surface area contributed by atoms with Crippen LogP contribution in [0, 0.1) is 17.8 Å². The molecule has 2 rings (SSSR count). The molecule has 6 heteroatoms. The topological polar surface area (TPSA) is 77.9 Å². The molecule has 112 valence electrons. The standard InChI is InChI=1S/C14H22N2O4/c1-9(2)5-15-8-11(4-12(15)17)14(20)16-6-10(7-16)3-13(18)19/h9-11H,3-8H2,1-2H3,(H,18,19). The van der Waals surface area contributed by atoms with Crippen LogP contribution in [0.3, 0.4) is 0 Å². The van der Waals surface area contributed by atoms with E-state index in [1.165, 1.54) is 0 Å². The highest BCUT2D eigenvalue weighted by molar-refractivity contribution is 5.89. The van der Waals surface area contributed by atoms with Gasteiger partial charge in [-0.2, -0.15) is 0 Å². The van der Waals surface area contributed by atoms with Gasteiger partial charge in [0.1, 0.15) is 0 Å². The van der Waals surface area contributed by atoms with Gasteiger partial charge >= 0.3 is 5.97 Å². The number of rotatable bonds is 5. The molecule has 0 aromatic rings. The molecule has 20 heavy (non-hydrogen) atoms. The first-order valence-corrected chi connectivity index (χ1v) is 7.15. The van der Waals surface area contributed by atoms with Crippen LogP contribution in [-0.2, 0) is 14.4 Å². The van der Waals surface area contributed by atoms with Gasteiger partial charge < -0.3 is 14.9 Å². The molecule has 0 aliphatic carbocycles. The molecule has 2 fully saturated rings. The van der Waals surface area contributed by atoms with Crippen molar-refractivity contribution in [2.24, 2.45) is 17.8 Å². The summed E-state index contributed by atoms with van der Waals surface area (Å²) in [6, 6.07) is 0. The maximum Gasteiger partial charge on any atom is 0.303 e. The molecule has 2 heterocycles. The van der Waals surface area contributed by atoms with Crippen molar-refractivity contribution >= 4 is 17.8 Å². The van der Waals surface area contributed by atoms with Gasteiger partial charge in [-0.1, -0.05) is 13.8 Å². The minimum absolute atomic E-state index is 0.00578. The number of carboxylic acids is 1. The van der Waals surface area contributed by atoms with E-state index in [4.69, 9.17) is 5.11 Å². The van der Waals surface area contributed by atoms with Crippen LogP contribution in [0.15, 0.2) is 0 Å². The third-order valence-corrected chi connectivity index (χ3v) is 3.88. The summed E-state index contributed by atoms with van der Waals surface area (Å²) in [6.45, 7) is 6.34. The van der Waals surface area contributed by atoms with E-state index < -0.39 is 5.97 Å². The van der Waals surface area contributed by atoms with E-state index >= 15 is 0 Å². The first kappa shape index (κ1) is 14.8. The second kappa shape index (κ2) is 5.81. The van der Waals surface area contributed by atoms with Crippen molar-refractivity contribution in [3.8, 4) is 0 Å². The molecule has 1 unspecified atom stereocenters. The zero-order chi connectivity index (χ0) is 14.9. The molecule has 2 aliphatic heterocycles. The molecule has 6 nitrogen and oxygen atoms in total. The molecule has 0 aromatic heterocycles. The molecule has 2 aliphatic rings. The van der Waals surface area contributed by atoms with Crippen LogP contribution in [-0.4, -0.2) is 58.9 Å². The van der Waals surface area contributed by atoms with E-state index in [-0.39, 0.29) is 30.1 Å². The molecule has 2 saturated heterocycles. The average Bonchev–Trinajstić information content (AvgIpc) is 2.63. The Morgan fingerprint density at radius 1 is 1.30 bits per heavy atom. The SMILES string of the molecule is CC(C)CN1CC(C(=O)N2CC(CC(=O)O)C2)CC1=O. The van der Waals surface area contributed by atoms with Gasteiger partial charge in [-0.25, -0.2) is 0 Å². The number of likely N-dealkylation sites (tertiary alicyclic amines) is 2. The van der Waals surface area contributed by atoms with E-state index in [0.717, 1.165) is 0 Å². The Morgan fingerprint density at radius 2 is 1.95 bits per heavy atom. The Balaban J connectivity index is 1.80. The van der Waals surface area contributed by atoms with E-state index in [2.05, 4.69) is 0 Å². The smallest absolute Gasteiger partial charge is 0.303 e. The predicted molar refractivity (Wildman–Crippen MR) is 71.8 cm³/mol. The Kier molecular flexibility index (Phi) is 4.30. The van der Waals surface area contributed by atoms with Gasteiger partial charge in [-0.3, -0.25) is 14.4 Å². The monoisotopic (exact) mass is 282 g/mol. The lowest BCUT2D eigenvalue weighted by molar-refractivity contribution is -0.147. The number of carbonyl (C=O) groups excluding carboxylic acids is 2. The van der Waals surface area contributed by atoms with Crippen molar-refractivity contribution in [3.05, 3.63) is 0 Å². The maximum atomic E-state index is 12.2. The summed E-state index contributed by atoms with van der Waals surface area (Å²) in [5.74, 6) is -0.531. The summed E-state index contributed by atoms with van der Waals surface area (Å²) in [5.41, 5.74) is 0. The lowest BCUT2D eigenvalue weighted by Gasteiger charge is -2.39. The van der Waals surface area contributed by atoms with Gasteiger partial charge in [-0.05, 0) is 5.92 Å². The van der Waals surface area contributed by atoms with Crippen LogP contribution in [0.2, 0.25) is 0 Å². The molecule has 2 amide bonds. The van der Waals surface area contributed by atoms with Crippen LogP contribution in [0.1, 0.15) is 26.7 Å². The summed E-state index contributed by atoms with van der Waals surface area (Å²) in [5, 5.41) is 8.68. The molecule has 1 atom stereocenters. The summed E-state index contributed by atoms with van der Waals surface area (Å²) >= 11 is 0. The third kappa shape index (κ3) is 3.29. The lowest BCUT2D eigenvalue weighted by Crippen LogP contribution is -2.52. The predicted octanol–water partition coefficient (Wildman–Crippen LogP) is 0.424. The summed E-state index contributed by atoms with van der Waals surface area (Å²) < 4.78 is 0. The van der Waals surface area contributed by atoms with Crippen LogP contribution in [0.4, 0.5) is 0 Å². The van der Waals surface area contributed by atoms with E-state index in [9.17, 15) is 14.4 Å². The average molecular weight is 282 g/mol. The van der Waals surface area contributed by atoms with Crippen LogP contribution < -0.4 is 0 Å². The largest absolute Gasteiger partial charge is 0.481 e. The molecule has 1 N–H and O–H groups in total. The van der Waals surface area contributed by atoms with Crippen LogP contribution in [0.5, 0.6) is 0 Å². The summed E-state index contributed by atoms with van der Waals surface area (Å²) in [6.07, 6.45) is 0.415. The quantitative estimate of drug-likeness (QED) is 0.793. The van der Waals surface area contributed by atoms with Gasteiger partial charge in [0.15, 0.2) is 0 Å². The van der Waals surface area contributed by atoms with Crippen molar-refractivity contribution < 1.29 is 19.5 Å². The second-order valence-corrected chi connectivity index (χ2v) is 6.30. The Bertz CT molecular complexity index is 415. The molecular weight excluding hydrogens is 260 g/mol. The number of aliphatic carboxylic acids is 1. The zero-order valence-corrected chi connectivity index (χ0v) is 12.0. The fourth-order valence-electron chi connectivity index (χ4n) is 2.94. The van der Waals surface area contributed by atoms with Crippen molar-refractivity contribution in [2.75, 3.05) is 26.2 Å². The number of amides is 2. The van der Waals surface area contributed by atoms with Gasteiger partial charge in [0, 0.05) is 38.5 Å². The lowest BCUT2D eigenvalue weighted by atomic mass is 9.94. The van der Waals surface area contributed by atoms with Crippen molar-refractivity contribution in [2.45, 2.75) is 26.7 Å². The van der Waals surface area contributed by atoms with Gasteiger partial charge in [0.25, 0.3) is 0 Å². The number of carbonyl (C=O) groups is 3. The third-order valence-electron chi connectivity index (χ3n) is 3.88. The van der Waals surface area contributed by atoms with Crippen molar-refractivity contribution in [3.63, 3.8) is 0 Å². The van der Waals surface area contributed by atoms with E-state index in [1.807, 2.05) is 13.8 Å². The summed E-state index contributed by atoms with van der Waals surface area (Å²) in [7, 11) is 0.